The van der Waals surface area contributed by atoms with Crippen molar-refractivity contribution in [2.75, 3.05) is 14.2 Å². The molecule has 2 aromatic rings. The second-order valence-electron chi connectivity index (χ2n) is 4.96. The average molecular weight is 273 g/mol. The van der Waals surface area contributed by atoms with Gasteiger partial charge in [0.05, 0.1) is 13.2 Å². The molecule has 0 amide bonds. The number of benzene rings is 2. The highest BCUT2D eigenvalue weighted by molar-refractivity contribution is 5.42. The third-order valence-corrected chi connectivity index (χ3v) is 3.57. The lowest BCUT2D eigenvalue weighted by atomic mass is 9.96. The molecule has 3 heteroatoms. The monoisotopic (exact) mass is 273 g/mol. The smallest absolute Gasteiger partial charge is 0.126 e. The van der Waals surface area contributed by atoms with Crippen LogP contribution in [0.3, 0.4) is 0 Å². The van der Waals surface area contributed by atoms with Crippen molar-refractivity contribution in [1.29, 1.82) is 0 Å². The van der Waals surface area contributed by atoms with Gasteiger partial charge in [-0.25, -0.2) is 4.39 Å². The van der Waals surface area contributed by atoms with Crippen LogP contribution in [0.25, 0.3) is 0 Å². The van der Waals surface area contributed by atoms with Crippen molar-refractivity contribution in [3.8, 4) is 5.75 Å². The Bertz CT molecular complexity index is 610. The van der Waals surface area contributed by atoms with Crippen LogP contribution < -0.4 is 10.1 Å². The van der Waals surface area contributed by atoms with Crippen LogP contribution in [0, 0.1) is 19.7 Å². The summed E-state index contributed by atoms with van der Waals surface area (Å²) in [5, 5.41) is 3.27. The number of methoxy groups -OCH3 is 1. The van der Waals surface area contributed by atoms with Crippen molar-refractivity contribution in [2.24, 2.45) is 0 Å². The van der Waals surface area contributed by atoms with Crippen molar-refractivity contribution >= 4 is 0 Å². The molecular weight excluding hydrogens is 253 g/mol. The molecule has 1 atom stereocenters. The number of aryl methyl sites for hydroxylation is 2. The molecule has 0 aliphatic rings. The van der Waals surface area contributed by atoms with Gasteiger partial charge in [0.25, 0.3) is 0 Å². The molecule has 0 saturated carbocycles. The summed E-state index contributed by atoms with van der Waals surface area (Å²) < 4.78 is 18.8. The number of halogens is 1. The van der Waals surface area contributed by atoms with Crippen molar-refractivity contribution in [2.45, 2.75) is 19.9 Å². The predicted octanol–water partition coefficient (Wildman–Crippen LogP) is 3.76. The molecule has 0 bridgehead atoms. The van der Waals surface area contributed by atoms with Gasteiger partial charge in [-0.2, -0.15) is 0 Å². The first-order valence-corrected chi connectivity index (χ1v) is 6.64. The van der Waals surface area contributed by atoms with E-state index in [4.69, 9.17) is 4.74 Å². The summed E-state index contributed by atoms with van der Waals surface area (Å²) in [7, 11) is 3.57. The zero-order chi connectivity index (χ0) is 14.7. The van der Waals surface area contributed by atoms with Gasteiger partial charge in [-0.15, -0.1) is 0 Å². The van der Waals surface area contributed by atoms with Crippen molar-refractivity contribution in [3.05, 3.63) is 64.5 Å². The highest BCUT2D eigenvalue weighted by atomic mass is 19.1. The molecule has 0 aromatic heterocycles. The number of hydrogen-bond donors (Lipinski definition) is 1. The zero-order valence-corrected chi connectivity index (χ0v) is 12.3. The Balaban J connectivity index is 2.43. The zero-order valence-electron chi connectivity index (χ0n) is 12.3. The Morgan fingerprint density at radius 1 is 1.00 bits per heavy atom. The Hall–Kier alpha value is -1.87. The molecule has 2 rings (SSSR count). The van der Waals surface area contributed by atoms with E-state index in [1.54, 1.807) is 14.0 Å². The Kier molecular flexibility index (Phi) is 4.40. The largest absolute Gasteiger partial charge is 0.496 e. The van der Waals surface area contributed by atoms with E-state index < -0.39 is 0 Å². The van der Waals surface area contributed by atoms with E-state index in [1.807, 2.05) is 38.2 Å². The highest BCUT2D eigenvalue weighted by Gasteiger charge is 2.14. The topological polar surface area (TPSA) is 21.3 Å². The van der Waals surface area contributed by atoms with E-state index in [2.05, 4.69) is 11.4 Å². The third kappa shape index (κ3) is 2.83. The van der Waals surface area contributed by atoms with Crippen LogP contribution in [0.1, 0.15) is 28.3 Å². The minimum atomic E-state index is -0.176. The maximum atomic E-state index is 13.4. The predicted molar refractivity (Wildman–Crippen MR) is 79.8 cm³/mol. The van der Waals surface area contributed by atoms with Gasteiger partial charge < -0.3 is 10.1 Å². The molecule has 0 saturated heterocycles. The second-order valence-corrected chi connectivity index (χ2v) is 4.96. The van der Waals surface area contributed by atoms with E-state index in [1.165, 1.54) is 6.07 Å². The van der Waals surface area contributed by atoms with E-state index in [0.717, 1.165) is 22.4 Å². The van der Waals surface area contributed by atoms with Crippen LogP contribution in [0.15, 0.2) is 36.4 Å². The highest BCUT2D eigenvalue weighted by Crippen LogP contribution is 2.28. The quantitative estimate of drug-likeness (QED) is 0.915. The summed E-state index contributed by atoms with van der Waals surface area (Å²) in [6, 6.07) is 11.4. The number of nitrogens with one attached hydrogen (secondary N) is 1. The third-order valence-electron chi connectivity index (χ3n) is 3.57. The van der Waals surface area contributed by atoms with Gasteiger partial charge in [0.15, 0.2) is 0 Å². The molecule has 1 unspecified atom stereocenters. The van der Waals surface area contributed by atoms with Gasteiger partial charge in [0.1, 0.15) is 11.6 Å². The lowest BCUT2D eigenvalue weighted by molar-refractivity contribution is 0.410. The Morgan fingerprint density at radius 3 is 2.25 bits per heavy atom. The minimum absolute atomic E-state index is 0.0174. The van der Waals surface area contributed by atoms with Gasteiger partial charge in [0.2, 0.25) is 0 Å². The standard InChI is InChI=1S/C17H20FNO/c1-11-5-6-14(10-16(11)20-4)17(19-3)13-7-8-15(18)12(2)9-13/h5-10,17,19H,1-4H3. The van der Waals surface area contributed by atoms with E-state index >= 15 is 0 Å². The average Bonchev–Trinajstić information content (AvgIpc) is 2.45. The van der Waals surface area contributed by atoms with E-state index in [0.29, 0.717) is 5.56 Å². The molecule has 1 N–H and O–H groups in total. The first kappa shape index (κ1) is 14.5. The first-order valence-electron chi connectivity index (χ1n) is 6.64. The van der Waals surface area contributed by atoms with Crippen molar-refractivity contribution in [1.82, 2.24) is 5.32 Å². The van der Waals surface area contributed by atoms with Crippen molar-refractivity contribution < 1.29 is 9.13 Å². The Labute approximate surface area is 119 Å². The van der Waals surface area contributed by atoms with Gasteiger partial charge in [-0.1, -0.05) is 24.3 Å². The summed E-state index contributed by atoms with van der Waals surface area (Å²) >= 11 is 0. The fourth-order valence-corrected chi connectivity index (χ4v) is 2.39. The molecule has 20 heavy (non-hydrogen) atoms. The summed E-state index contributed by atoms with van der Waals surface area (Å²) in [5.41, 5.74) is 3.89. The van der Waals surface area contributed by atoms with Gasteiger partial charge in [-0.3, -0.25) is 0 Å². The Morgan fingerprint density at radius 2 is 1.65 bits per heavy atom. The molecule has 0 heterocycles. The number of ether oxygens (including phenoxy) is 1. The molecule has 106 valence electrons. The van der Waals surface area contributed by atoms with Gasteiger partial charge in [0, 0.05) is 0 Å². The maximum Gasteiger partial charge on any atom is 0.126 e. The molecular formula is C17H20FNO. The fraction of sp³-hybridized carbons (Fsp3) is 0.294. The summed E-state index contributed by atoms with van der Waals surface area (Å²) in [5.74, 6) is 0.687. The molecule has 0 aliphatic carbocycles. The van der Waals surface area contributed by atoms with Crippen LogP contribution in [-0.2, 0) is 0 Å². The first-order chi connectivity index (χ1) is 9.56. The maximum absolute atomic E-state index is 13.4. The molecule has 2 nitrogen and oxygen atoms in total. The SMILES string of the molecule is CNC(c1ccc(F)c(C)c1)c1ccc(C)c(OC)c1. The van der Waals surface area contributed by atoms with Gasteiger partial charge >= 0.3 is 0 Å². The van der Waals surface area contributed by atoms with Crippen LogP contribution in [0.2, 0.25) is 0 Å². The van der Waals surface area contributed by atoms with Crippen LogP contribution in [0.4, 0.5) is 4.39 Å². The van der Waals surface area contributed by atoms with Crippen LogP contribution in [-0.4, -0.2) is 14.2 Å². The number of rotatable bonds is 4. The summed E-state index contributed by atoms with van der Waals surface area (Å²) in [6.07, 6.45) is 0. The second kappa shape index (κ2) is 6.06. The minimum Gasteiger partial charge on any atom is -0.496 e. The molecule has 0 aliphatic heterocycles. The molecule has 0 fully saturated rings. The molecule has 2 aromatic carbocycles. The lowest BCUT2D eigenvalue weighted by Gasteiger charge is -2.19. The fourth-order valence-electron chi connectivity index (χ4n) is 2.39. The van der Waals surface area contributed by atoms with Crippen molar-refractivity contribution in [3.63, 3.8) is 0 Å². The van der Waals surface area contributed by atoms with Crippen LogP contribution >= 0.6 is 0 Å². The van der Waals surface area contributed by atoms with E-state index in [-0.39, 0.29) is 11.9 Å². The summed E-state index contributed by atoms with van der Waals surface area (Å²) in [4.78, 5) is 0. The summed E-state index contributed by atoms with van der Waals surface area (Å²) in [6.45, 7) is 3.79. The van der Waals surface area contributed by atoms with E-state index in [9.17, 15) is 4.39 Å². The number of hydrogen-bond acceptors (Lipinski definition) is 2. The lowest BCUT2D eigenvalue weighted by Crippen LogP contribution is -2.18. The van der Waals surface area contributed by atoms with Gasteiger partial charge in [-0.05, 0) is 55.3 Å². The molecule has 0 spiro atoms. The molecule has 0 radical (unpaired) electrons. The van der Waals surface area contributed by atoms with Crippen LogP contribution in [0.5, 0.6) is 5.75 Å². The normalized spacial score (nSPS) is 12.2.